The molecule has 82 valence electrons. The van der Waals surface area contributed by atoms with Crippen LogP contribution >= 0.6 is 0 Å². The molecule has 1 aromatic rings. The van der Waals surface area contributed by atoms with Gasteiger partial charge in [0.05, 0.1) is 6.04 Å². The van der Waals surface area contributed by atoms with Crippen molar-refractivity contribution in [2.75, 3.05) is 5.32 Å². The Morgan fingerprint density at radius 1 is 1.53 bits per heavy atom. The van der Waals surface area contributed by atoms with Crippen molar-refractivity contribution in [3.8, 4) is 0 Å². The number of nitrogens with zero attached hydrogens (tertiary/aromatic N) is 1. The summed E-state index contributed by atoms with van der Waals surface area (Å²) in [6.45, 7) is 3.99. The number of pyridine rings is 1. The summed E-state index contributed by atoms with van der Waals surface area (Å²) in [7, 11) is 0. The van der Waals surface area contributed by atoms with E-state index in [0.717, 1.165) is 12.1 Å². The lowest BCUT2D eigenvalue weighted by Crippen LogP contribution is -2.40. The van der Waals surface area contributed by atoms with Gasteiger partial charge in [-0.15, -0.1) is 0 Å². The van der Waals surface area contributed by atoms with E-state index in [9.17, 15) is 4.79 Å². The minimum Gasteiger partial charge on any atom is -0.325 e. The molecule has 0 bridgehead atoms. The van der Waals surface area contributed by atoms with Crippen molar-refractivity contribution in [3.63, 3.8) is 0 Å². The lowest BCUT2D eigenvalue weighted by molar-refractivity contribution is -0.118. The average molecular weight is 207 g/mol. The zero-order valence-corrected chi connectivity index (χ0v) is 9.10. The number of nitrogens with one attached hydrogen (secondary N) is 1. The van der Waals surface area contributed by atoms with Gasteiger partial charge in [-0.2, -0.15) is 0 Å². The minimum absolute atomic E-state index is 0.143. The molecular weight excluding hydrogens is 190 g/mol. The molecule has 0 saturated carbocycles. The standard InChI is InChI=1S/C11H17N3O/c1-3-8(2)10(12)11(15)14-9-4-6-13-7-5-9/h4-8,10H,3,12H2,1-2H3,(H,13,14,15)/t8-,10-/m0/s1. The third-order valence-electron chi connectivity index (χ3n) is 2.51. The van der Waals surface area contributed by atoms with Crippen LogP contribution in [0.4, 0.5) is 5.69 Å². The predicted molar refractivity (Wildman–Crippen MR) is 60.3 cm³/mol. The first-order valence-corrected chi connectivity index (χ1v) is 5.11. The molecule has 1 aromatic heterocycles. The van der Waals surface area contributed by atoms with Crippen LogP contribution in [0.5, 0.6) is 0 Å². The first-order valence-electron chi connectivity index (χ1n) is 5.11. The maximum atomic E-state index is 11.7. The zero-order chi connectivity index (χ0) is 11.3. The van der Waals surface area contributed by atoms with Gasteiger partial charge in [0, 0.05) is 18.1 Å². The van der Waals surface area contributed by atoms with E-state index >= 15 is 0 Å². The molecular formula is C11H17N3O. The fourth-order valence-electron chi connectivity index (χ4n) is 1.17. The quantitative estimate of drug-likeness (QED) is 0.784. The van der Waals surface area contributed by atoms with Crippen molar-refractivity contribution in [1.29, 1.82) is 0 Å². The second kappa shape index (κ2) is 5.46. The Morgan fingerprint density at radius 3 is 2.67 bits per heavy atom. The smallest absolute Gasteiger partial charge is 0.241 e. The van der Waals surface area contributed by atoms with Gasteiger partial charge in [-0.05, 0) is 18.1 Å². The molecule has 15 heavy (non-hydrogen) atoms. The van der Waals surface area contributed by atoms with Crippen molar-refractivity contribution in [2.24, 2.45) is 11.7 Å². The van der Waals surface area contributed by atoms with Crippen LogP contribution in [0.25, 0.3) is 0 Å². The number of rotatable bonds is 4. The Balaban J connectivity index is 2.56. The number of carbonyl (C=O) groups excluding carboxylic acids is 1. The minimum atomic E-state index is -0.455. The Hall–Kier alpha value is -1.42. The molecule has 0 saturated heterocycles. The summed E-state index contributed by atoms with van der Waals surface area (Å²) >= 11 is 0. The van der Waals surface area contributed by atoms with E-state index in [-0.39, 0.29) is 11.8 Å². The first-order chi connectivity index (χ1) is 7.15. The van der Waals surface area contributed by atoms with E-state index in [1.807, 2.05) is 13.8 Å². The molecule has 1 amide bonds. The van der Waals surface area contributed by atoms with Crippen LogP contribution in [-0.2, 0) is 4.79 Å². The van der Waals surface area contributed by atoms with Gasteiger partial charge in [0.1, 0.15) is 0 Å². The number of carbonyl (C=O) groups is 1. The highest BCUT2D eigenvalue weighted by molar-refractivity contribution is 5.94. The zero-order valence-electron chi connectivity index (χ0n) is 9.10. The van der Waals surface area contributed by atoms with Crippen LogP contribution in [0.15, 0.2) is 24.5 Å². The van der Waals surface area contributed by atoms with Gasteiger partial charge >= 0.3 is 0 Å². The largest absolute Gasteiger partial charge is 0.325 e. The molecule has 1 rings (SSSR count). The summed E-state index contributed by atoms with van der Waals surface area (Å²) < 4.78 is 0. The van der Waals surface area contributed by atoms with Gasteiger partial charge in [0.25, 0.3) is 0 Å². The maximum absolute atomic E-state index is 11.7. The van der Waals surface area contributed by atoms with Gasteiger partial charge in [0.15, 0.2) is 0 Å². The molecule has 0 aromatic carbocycles. The van der Waals surface area contributed by atoms with Crippen molar-refractivity contribution >= 4 is 11.6 Å². The summed E-state index contributed by atoms with van der Waals surface area (Å²) in [5.41, 5.74) is 6.52. The number of anilines is 1. The monoisotopic (exact) mass is 207 g/mol. The highest BCUT2D eigenvalue weighted by Gasteiger charge is 2.19. The number of hydrogen-bond acceptors (Lipinski definition) is 3. The average Bonchev–Trinajstić information content (AvgIpc) is 2.28. The summed E-state index contributed by atoms with van der Waals surface area (Å²) in [6, 6.07) is 3.02. The fraction of sp³-hybridized carbons (Fsp3) is 0.455. The van der Waals surface area contributed by atoms with Crippen molar-refractivity contribution in [3.05, 3.63) is 24.5 Å². The van der Waals surface area contributed by atoms with E-state index < -0.39 is 6.04 Å². The van der Waals surface area contributed by atoms with Gasteiger partial charge < -0.3 is 11.1 Å². The molecule has 0 aliphatic carbocycles. The molecule has 0 radical (unpaired) electrons. The lowest BCUT2D eigenvalue weighted by atomic mass is 9.99. The number of hydrogen-bond donors (Lipinski definition) is 2. The first kappa shape index (κ1) is 11.7. The number of aromatic nitrogens is 1. The van der Waals surface area contributed by atoms with Crippen LogP contribution in [0.2, 0.25) is 0 Å². The Bertz CT molecular complexity index is 313. The highest BCUT2D eigenvalue weighted by atomic mass is 16.2. The Labute approximate surface area is 89.9 Å². The van der Waals surface area contributed by atoms with E-state index in [1.54, 1.807) is 24.5 Å². The third kappa shape index (κ3) is 3.32. The molecule has 2 atom stereocenters. The lowest BCUT2D eigenvalue weighted by Gasteiger charge is -2.17. The molecule has 0 unspecified atom stereocenters. The van der Waals surface area contributed by atoms with E-state index in [1.165, 1.54) is 0 Å². The molecule has 4 heteroatoms. The summed E-state index contributed by atoms with van der Waals surface area (Å²) in [6.07, 6.45) is 4.15. The normalized spacial score (nSPS) is 14.3. The molecule has 0 aliphatic heterocycles. The summed E-state index contributed by atoms with van der Waals surface area (Å²) in [5, 5.41) is 2.75. The Morgan fingerprint density at radius 2 is 2.13 bits per heavy atom. The number of nitrogens with two attached hydrogens (primary N) is 1. The van der Waals surface area contributed by atoms with Crippen LogP contribution in [0.3, 0.4) is 0 Å². The molecule has 3 N–H and O–H groups in total. The van der Waals surface area contributed by atoms with Crippen molar-refractivity contribution < 1.29 is 4.79 Å². The maximum Gasteiger partial charge on any atom is 0.241 e. The molecule has 0 fully saturated rings. The molecule has 0 aliphatic rings. The van der Waals surface area contributed by atoms with E-state index in [2.05, 4.69) is 10.3 Å². The van der Waals surface area contributed by atoms with Crippen LogP contribution in [-0.4, -0.2) is 16.9 Å². The van der Waals surface area contributed by atoms with Gasteiger partial charge in [-0.3, -0.25) is 9.78 Å². The van der Waals surface area contributed by atoms with Crippen LogP contribution in [0.1, 0.15) is 20.3 Å². The summed E-state index contributed by atoms with van der Waals surface area (Å²) in [5.74, 6) is 0.0439. The van der Waals surface area contributed by atoms with Crippen molar-refractivity contribution in [1.82, 2.24) is 4.98 Å². The van der Waals surface area contributed by atoms with Crippen LogP contribution < -0.4 is 11.1 Å². The van der Waals surface area contributed by atoms with Crippen LogP contribution in [0, 0.1) is 5.92 Å². The number of amides is 1. The van der Waals surface area contributed by atoms with Crippen molar-refractivity contribution in [2.45, 2.75) is 26.3 Å². The van der Waals surface area contributed by atoms with Gasteiger partial charge in [0.2, 0.25) is 5.91 Å². The predicted octanol–water partition coefficient (Wildman–Crippen LogP) is 1.39. The molecule has 4 nitrogen and oxygen atoms in total. The van der Waals surface area contributed by atoms with Gasteiger partial charge in [-0.1, -0.05) is 20.3 Å². The second-order valence-corrected chi connectivity index (χ2v) is 3.64. The third-order valence-corrected chi connectivity index (χ3v) is 2.51. The van der Waals surface area contributed by atoms with E-state index in [0.29, 0.717) is 0 Å². The second-order valence-electron chi connectivity index (χ2n) is 3.64. The Kier molecular flexibility index (Phi) is 4.24. The molecule has 0 spiro atoms. The van der Waals surface area contributed by atoms with Gasteiger partial charge in [-0.25, -0.2) is 0 Å². The topological polar surface area (TPSA) is 68.0 Å². The SMILES string of the molecule is CC[C@H](C)[C@H](N)C(=O)Nc1ccncc1. The van der Waals surface area contributed by atoms with E-state index in [4.69, 9.17) is 5.73 Å². The molecule has 1 heterocycles. The summed E-state index contributed by atoms with van der Waals surface area (Å²) in [4.78, 5) is 15.5. The fourth-order valence-corrected chi connectivity index (χ4v) is 1.17. The highest BCUT2D eigenvalue weighted by Crippen LogP contribution is 2.09.